The van der Waals surface area contributed by atoms with Crippen molar-refractivity contribution in [3.8, 4) is 11.8 Å². The number of aromatic hydroxyl groups is 1. The highest BCUT2D eigenvalue weighted by Crippen LogP contribution is 2.29. The molecule has 0 aromatic heterocycles. The number of phenolic OH excluding ortho intramolecular Hbond substituents is 1. The Morgan fingerprint density at radius 1 is 1.59 bits per heavy atom. The minimum Gasteiger partial charge on any atom is -0.508 e. The van der Waals surface area contributed by atoms with Crippen LogP contribution in [0.15, 0.2) is 24.3 Å². The van der Waals surface area contributed by atoms with Crippen molar-refractivity contribution in [3.63, 3.8) is 0 Å². The summed E-state index contributed by atoms with van der Waals surface area (Å²) in [5.74, 6) is -0.465. The molecule has 4 heteroatoms. The van der Waals surface area contributed by atoms with E-state index in [9.17, 15) is 5.11 Å². The van der Waals surface area contributed by atoms with E-state index in [1.807, 2.05) is 13.0 Å². The van der Waals surface area contributed by atoms with E-state index in [0.717, 1.165) is 5.56 Å². The monoisotopic (exact) mass is 233 g/mol. The van der Waals surface area contributed by atoms with Crippen LogP contribution in [0.5, 0.6) is 5.75 Å². The zero-order valence-electron chi connectivity index (χ0n) is 9.72. The Bertz CT molecular complexity index is 441. The first-order valence-electron chi connectivity index (χ1n) is 5.58. The molecule has 0 amide bonds. The summed E-state index contributed by atoms with van der Waals surface area (Å²) >= 11 is 0. The van der Waals surface area contributed by atoms with E-state index in [0.29, 0.717) is 19.4 Å². The number of benzene rings is 1. The number of hydrogen-bond donors (Lipinski definition) is 1. The van der Waals surface area contributed by atoms with Crippen molar-refractivity contribution in [2.45, 2.75) is 31.7 Å². The van der Waals surface area contributed by atoms with E-state index in [4.69, 9.17) is 14.7 Å². The summed E-state index contributed by atoms with van der Waals surface area (Å²) in [6.45, 7) is 2.30. The van der Waals surface area contributed by atoms with E-state index >= 15 is 0 Å². The van der Waals surface area contributed by atoms with Gasteiger partial charge < -0.3 is 14.6 Å². The number of phenols is 1. The minimum absolute atomic E-state index is 0.151. The first kappa shape index (κ1) is 11.9. The Labute approximate surface area is 100 Å². The normalized spacial score (nSPS) is 27.9. The zero-order valence-corrected chi connectivity index (χ0v) is 9.72. The molecule has 2 unspecified atom stereocenters. The Kier molecular flexibility index (Phi) is 3.32. The fraction of sp³-hybridized carbons (Fsp3) is 0.462. The van der Waals surface area contributed by atoms with Crippen LogP contribution in [-0.2, 0) is 15.9 Å². The van der Waals surface area contributed by atoms with Gasteiger partial charge in [0.15, 0.2) is 5.79 Å². The first-order valence-corrected chi connectivity index (χ1v) is 5.58. The summed E-state index contributed by atoms with van der Waals surface area (Å²) in [4.78, 5) is 0. The predicted molar refractivity (Wildman–Crippen MR) is 61.3 cm³/mol. The molecule has 1 aromatic carbocycles. The maximum Gasteiger partial charge on any atom is 0.170 e. The van der Waals surface area contributed by atoms with Gasteiger partial charge in [-0.15, -0.1) is 0 Å². The molecular formula is C13H15NO3. The SMILES string of the molecule is CC1(Cc2cccc(O)c2)OCC(CC#N)O1. The molecule has 1 saturated heterocycles. The van der Waals surface area contributed by atoms with Crippen molar-refractivity contribution in [3.05, 3.63) is 29.8 Å². The molecule has 0 radical (unpaired) electrons. The Hall–Kier alpha value is -1.57. The lowest BCUT2D eigenvalue weighted by Crippen LogP contribution is -2.29. The molecule has 0 aliphatic carbocycles. The molecule has 2 rings (SSSR count). The van der Waals surface area contributed by atoms with Crippen LogP contribution >= 0.6 is 0 Å². The third-order valence-corrected chi connectivity index (χ3v) is 2.75. The molecule has 2 atom stereocenters. The molecule has 0 spiro atoms. The van der Waals surface area contributed by atoms with E-state index in [1.54, 1.807) is 18.2 Å². The van der Waals surface area contributed by atoms with Crippen molar-refractivity contribution in [2.24, 2.45) is 0 Å². The average molecular weight is 233 g/mol. The molecule has 0 bridgehead atoms. The smallest absolute Gasteiger partial charge is 0.170 e. The van der Waals surface area contributed by atoms with Crippen LogP contribution in [0.2, 0.25) is 0 Å². The number of rotatable bonds is 3. The van der Waals surface area contributed by atoms with Gasteiger partial charge in [0.1, 0.15) is 5.75 Å². The Morgan fingerprint density at radius 3 is 3.12 bits per heavy atom. The van der Waals surface area contributed by atoms with Gasteiger partial charge in [0.05, 0.1) is 25.2 Å². The number of nitriles is 1. The predicted octanol–water partition coefficient (Wildman–Crippen LogP) is 1.98. The summed E-state index contributed by atoms with van der Waals surface area (Å²) in [6, 6.07) is 9.09. The molecule has 1 aromatic rings. The minimum atomic E-state index is -0.699. The van der Waals surface area contributed by atoms with Gasteiger partial charge in [0.25, 0.3) is 0 Å². The van der Waals surface area contributed by atoms with Crippen molar-refractivity contribution in [1.82, 2.24) is 0 Å². The lowest BCUT2D eigenvalue weighted by molar-refractivity contribution is -0.151. The van der Waals surface area contributed by atoms with Crippen molar-refractivity contribution < 1.29 is 14.6 Å². The molecule has 1 aliphatic rings. The van der Waals surface area contributed by atoms with Crippen LogP contribution < -0.4 is 0 Å². The van der Waals surface area contributed by atoms with Crippen molar-refractivity contribution >= 4 is 0 Å². The second-order valence-corrected chi connectivity index (χ2v) is 4.39. The number of hydrogen-bond acceptors (Lipinski definition) is 4. The second-order valence-electron chi connectivity index (χ2n) is 4.39. The summed E-state index contributed by atoms with van der Waals surface area (Å²) in [6.07, 6.45) is 0.751. The maximum atomic E-state index is 9.38. The summed E-state index contributed by atoms with van der Waals surface area (Å²) < 4.78 is 11.3. The lowest BCUT2D eigenvalue weighted by Gasteiger charge is -2.23. The van der Waals surface area contributed by atoms with Crippen LogP contribution in [0.1, 0.15) is 18.9 Å². The van der Waals surface area contributed by atoms with E-state index < -0.39 is 5.79 Å². The van der Waals surface area contributed by atoms with Crippen LogP contribution in [0.3, 0.4) is 0 Å². The number of ether oxygens (including phenoxy) is 2. The molecule has 1 aliphatic heterocycles. The van der Waals surface area contributed by atoms with Gasteiger partial charge in [-0.3, -0.25) is 0 Å². The highest BCUT2D eigenvalue weighted by Gasteiger charge is 2.37. The fourth-order valence-electron chi connectivity index (χ4n) is 2.02. The molecule has 90 valence electrons. The molecule has 1 heterocycles. The molecule has 4 nitrogen and oxygen atoms in total. The van der Waals surface area contributed by atoms with Crippen molar-refractivity contribution in [2.75, 3.05) is 6.61 Å². The van der Waals surface area contributed by atoms with E-state index in [2.05, 4.69) is 6.07 Å². The maximum absolute atomic E-state index is 9.38. The lowest BCUT2D eigenvalue weighted by atomic mass is 10.1. The molecule has 0 saturated carbocycles. The van der Waals surface area contributed by atoms with Gasteiger partial charge in [-0.05, 0) is 24.6 Å². The van der Waals surface area contributed by atoms with Gasteiger partial charge in [-0.1, -0.05) is 12.1 Å². The second kappa shape index (κ2) is 4.74. The standard InChI is InChI=1S/C13H15NO3/c1-13(16-9-12(17-13)5-6-14)8-10-3-2-4-11(15)7-10/h2-4,7,12,15H,5,8-9H2,1H3. The van der Waals surface area contributed by atoms with Crippen molar-refractivity contribution in [1.29, 1.82) is 5.26 Å². The third kappa shape index (κ3) is 2.96. The van der Waals surface area contributed by atoms with Crippen LogP contribution in [0, 0.1) is 11.3 Å². The average Bonchev–Trinajstić information content (AvgIpc) is 2.60. The summed E-state index contributed by atoms with van der Waals surface area (Å²) in [5.41, 5.74) is 0.949. The van der Waals surface area contributed by atoms with E-state index in [1.165, 1.54) is 0 Å². The largest absolute Gasteiger partial charge is 0.508 e. The van der Waals surface area contributed by atoms with E-state index in [-0.39, 0.29) is 11.9 Å². The Balaban J connectivity index is 2.02. The van der Waals surface area contributed by atoms with Gasteiger partial charge >= 0.3 is 0 Å². The van der Waals surface area contributed by atoms with Crippen LogP contribution in [0.25, 0.3) is 0 Å². The molecule has 1 N–H and O–H groups in total. The van der Waals surface area contributed by atoms with Gasteiger partial charge in [-0.25, -0.2) is 0 Å². The molecule has 1 fully saturated rings. The highest BCUT2D eigenvalue weighted by atomic mass is 16.7. The van der Waals surface area contributed by atoms with Crippen LogP contribution in [-0.4, -0.2) is 23.6 Å². The molecular weight excluding hydrogens is 218 g/mol. The summed E-state index contributed by atoms with van der Waals surface area (Å²) in [7, 11) is 0. The Morgan fingerprint density at radius 2 is 2.41 bits per heavy atom. The molecule has 17 heavy (non-hydrogen) atoms. The fourth-order valence-corrected chi connectivity index (χ4v) is 2.02. The summed E-state index contributed by atoms with van der Waals surface area (Å²) in [5, 5.41) is 18.0. The first-order chi connectivity index (χ1) is 8.11. The van der Waals surface area contributed by atoms with Crippen LogP contribution in [0.4, 0.5) is 0 Å². The topological polar surface area (TPSA) is 62.5 Å². The zero-order chi connectivity index (χ0) is 12.3. The number of nitrogens with zero attached hydrogens (tertiary/aromatic N) is 1. The van der Waals surface area contributed by atoms with Gasteiger partial charge in [0, 0.05) is 6.42 Å². The quantitative estimate of drug-likeness (QED) is 0.867. The van der Waals surface area contributed by atoms with Gasteiger partial charge in [0.2, 0.25) is 0 Å². The third-order valence-electron chi connectivity index (χ3n) is 2.75. The van der Waals surface area contributed by atoms with Gasteiger partial charge in [-0.2, -0.15) is 5.26 Å². The highest BCUT2D eigenvalue weighted by molar-refractivity contribution is 5.27.